The van der Waals surface area contributed by atoms with Crippen molar-refractivity contribution in [2.75, 3.05) is 12.4 Å². The molecule has 3 aromatic rings. The second-order valence-corrected chi connectivity index (χ2v) is 5.90. The molecule has 25 heavy (non-hydrogen) atoms. The zero-order valence-electron chi connectivity index (χ0n) is 13.3. The molecule has 0 unspecified atom stereocenters. The van der Waals surface area contributed by atoms with Gasteiger partial charge < -0.3 is 19.9 Å². The molecule has 0 aliphatic rings. The fourth-order valence-electron chi connectivity index (χ4n) is 2.08. The minimum atomic E-state index is 0.315. The van der Waals surface area contributed by atoms with Crippen LogP contribution < -0.4 is 15.4 Å². The van der Waals surface area contributed by atoms with Crippen LogP contribution in [0.25, 0.3) is 11.4 Å². The third-order valence-electron chi connectivity index (χ3n) is 3.30. The number of ether oxygens (including phenoxy) is 1. The molecule has 0 radical (unpaired) electrons. The number of rotatable bonds is 5. The van der Waals surface area contributed by atoms with Crippen molar-refractivity contribution in [3.63, 3.8) is 0 Å². The molecule has 0 aliphatic heterocycles. The number of anilines is 1. The third kappa shape index (κ3) is 4.68. The van der Waals surface area contributed by atoms with Crippen molar-refractivity contribution in [1.82, 2.24) is 15.5 Å². The molecule has 0 saturated carbocycles. The number of hydrogen-bond donors (Lipinski definition) is 2. The van der Waals surface area contributed by atoms with E-state index in [2.05, 4.69) is 20.8 Å². The lowest BCUT2D eigenvalue weighted by atomic mass is 10.2. The van der Waals surface area contributed by atoms with Crippen LogP contribution in [0.5, 0.6) is 5.75 Å². The maximum atomic E-state index is 5.97. The fraction of sp³-hybridized carbons (Fsp3) is 0.118. The predicted molar refractivity (Wildman–Crippen MR) is 101 cm³/mol. The number of halogens is 1. The number of thiocarbonyl (C=S) groups is 1. The van der Waals surface area contributed by atoms with E-state index in [1.807, 2.05) is 36.4 Å². The molecule has 0 saturated heterocycles. The molecule has 0 aliphatic carbocycles. The van der Waals surface area contributed by atoms with Gasteiger partial charge in [-0.1, -0.05) is 28.9 Å². The average Bonchev–Trinajstić information content (AvgIpc) is 3.10. The SMILES string of the molecule is COc1ccc(NC(=S)NCc2nc(-c3cccc(Cl)c3)no2)cc1. The summed E-state index contributed by atoms with van der Waals surface area (Å²) in [5.74, 6) is 1.69. The number of methoxy groups -OCH3 is 1. The van der Waals surface area contributed by atoms with Gasteiger partial charge in [-0.3, -0.25) is 0 Å². The Labute approximate surface area is 155 Å². The number of nitrogens with one attached hydrogen (secondary N) is 2. The van der Waals surface area contributed by atoms with Gasteiger partial charge in [-0.05, 0) is 48.6 Å². The lowest BCUT2D eigenvalue weighted by molar-refractivity contribution is 0.376. The van der Waals surface area contributed by atoms with Gasteiger partial charge in [0, 0.05) is 16.3 Å². The van der Waals surface area contributed by atoms with Crippen LogP contribution in [0.15, 0.2) is 53.1 Å². The molecule has 8 heteroatoms. The van der Waals surface area contributed by atoms with Crippen LogP contribution in [-0.2, 0) is 6.54 Å². The summed E-state index contributed by atoms with van der Waals surface area (Å²) in [7, 11) is 1.62. The van der Waals surface area contributed by atoms with Crippen LogP contribution in [-0.4, -0.2) is 22.4 Å². The summed E-state index contributed by atoms with van der Waals surface area (Å²) < 4.78 is 10.3. The first-order valence-corrected chi connectivity index (χ1v) is 8.20. The van der Waals surface area contributed by atoms with E-state index >= 15 is 0 Å². The summed E-state index contributed by atoms with van der Waals surface area (Å²) in [4.78, 5) is 4.32. The van der Waals surface area contributed by atoms with E-state index in [-0.39, 0.29) is 0 Å². The van der Waals surface area contributed by atoms with Crippen LogP contribution >= 0.6 is 23.8 Å². The van der Waals surface area contributed by atoms with Gasteiger partial charge in [0.2, 0.25) is 11.7 Å². The molecule has 2 N–H and O–H groups in total. The summed E-state index contributed by atoms with van der Waals surface area (Å²) in [6.45, 7) is 0.315. The molecule has 1 aromatic heterocycles. The van der Waals surface area contributed by atoms with E-state index in [0.717, 1.165) is 17.0 Å². The van der Waals surface area contributed by atoms with Gasteiger partial charge in [0.1, 0.15) is 5.75 Å². The van der Waals surface area contributed by atoms with Gasteiger partial charge in [-0.2, -0.15) is 4.98 Å². The lowest BCUT2D eigenvalue weighted by Crippen LogP contribution is -2.27. The van der Waals surface area contributed by atoms with Crippen molar-refractivity contribution in [2.24, 2.45) is 0 Å². The second kappa shape index (κ2) is 7.96. The summed E-state index contributed by atoms with van der Waals surface area (Å²) in [5.41, 5.74) is 1.64. The first kappa shape index (κ1) is 17.2. The summed E-state index contributed by atoms with van der Waals surface area (Å²) in [5, 5.41) is 11.1. The third-order valence-corrected chi connectivity index (χ3v) is 3.78. The van der Waals surface area contributed by atoms with Gasteiger partial charge in [0.05, 0.1) is 13.7 Å². The summed E-state index contributed by atoms with van der Waals surface area (Å²) in [6.07, 6.45) is 0. The van der Waals surface area contributed by atoms with Crippen molar-refractivity contribution in [3.05, 3.63) is 59.4 Å². The largest absolute Gasteiger partial charge is 0.497 e. The zero-order valence-corrected chi connectivity index (χ0v) is 14.9. The molecule has 2 aromatic carbocycles. The standard InChI is InChI=1S/C17H15ClN4O2S/c1-23-14-7-5-13(6-8-14)20-17(25)19-10-15-21-16(22-24-15)11-3-2-4-12(18)9-11/h2-9H,10H2,1H3,(H2,19,20,25). The molecule has 3 rings (SSSR count). The van der Waals surface area contributed by atoms with Gasteiger partial charge in [0.15, 0.2) is 5.11 Å². The lowest BCUT2D eigenvalue weighted by Gasteiger charge is -2.09. The number of benzene rings is 2. The topological polar surface area (TPSA) is 72.2 Å². The van der Waals surface area contributed by atoms with E-state index in [4.69, 9.17) is 33.1 Å². The predicted octanol–water partition coefficient (Wildman–Crippen LogP) is 3.89. The van der Waals surface area contributed by atoms with E-state index in [9.17, 15) is 0 Å². The van der Waals surface area contributed by atoms with Crippen LogP contribution in [0.4, 0.5) is 5.69 Å². The Kier molecular flexibility index (Phi) is 5.47. The minimum absolute atomic E-state index is 0.315. The van der Waals surface area contributed by atoms with Crippen LogP contribution in [0.2, 0.25) is 5.02 Å². The highest BCUT2D eigenvalue weighted by atomic mass is 35.5. The van der Waals surface area contributed by atoms with Crippen LogP contribution in [0.1, 0.15) is 5.89 Å². The molecule has 0 spiro atoms. The zero-order chi connectivity index (χ0) is 17.6. The maximum absolute atomic E-state index is 5.97. The molecule has 6 nitrogen and oxygen atoms in total. The van der Waals surface area contributed by atoms with Crippen molar-refractivity contribution >= 4 is 34.6 Å². The molecule has 128 valence electrons. The molecule has 0 atom stereocenters. The van der Waals surface area contributed by atoms with E-state index in [1.165, 1.54) is 0 Å². The maximum Gasteiger partial charge on any atom is 0.246 e. The van der Waals surface area contributed by atoms with Crippen LogP contribution in [0, 0.1) is 0 Å². The average molecular weight is 375 g/mol. The Bertz CT molecular complexity index is 867. The van der Waals surface area contributed by atoms with Gasteiger partial charge in [-0.25, -0.2) is 0 Å². The van der Waals surface area contributed by atoms with E-state index in [1.54, 1.807) is 19.2 Å². The summed E-state index contributed by atoms with van der Waals surface area (Å²) in [6, 6.07) is 14.7. The monoisotopic (exact) mass is 374 g/mol. The smallest absolute Gasteiger partial charge is 0.246 e. The van der Waals surface area contributed by atoms with Crippen LogP contribution in [0.3, 0.4) is 0 Å². The Morgan fingerprint density at radius 3 is 2.76 bits per heavy atom. The molecule has 1 heterocycles. The first-order valence-electron chi connectivity index (χ1n) is 7.41. The normalized spacial score (nSPS) is 10.3. The Morgan fingerprint density at radius 2 is 2.04 bits per heavy atom. The molecular formula is C17H15ClN4O2S. The van der Waals surface area contributed by atoms with Crippen molar-refractivity contribution < 1.29 is 9.26 Å². The first-order chi connectivity index (χ1) is 12.1. The highest BCUT2D eigenvalue weighted by molar-refractivity contribution is 7.80. The van der Waals surface area contributed by atoms with E-state index in [0.29, 0.717) is 28.4 Å². The number of aromatic nitrogens is 2. The molecule has 0 fully saturated rings. The summed E-state index contributed by atoms with van der Waals surface area (Å²) >= 11 is 11.2. The van der Waals surface area contributed by atoms with Gasteiger partial charge in [-0.15, -0.1) is 0 Å². The number of nitrogens with zero attached hydrogens (tertiary/aromatic N) is 2. The minimum Gasteiger partial charge on any atom is -0.497 e. The Morgan fingerprint density at radius 1 is 1.24 bits per heavy atom. The van der Waals surface area contributed by atoms with Gasteiger partial charge >= 0.3 is 0 Å². The highest BCUT2D eigenvalue weighted by Gasteiger charge is 2.09. The highest BCUT2D eigenvalue weighted by Crippen LogP contribution is 2.20. The number of hydrogen-bond acceptors (Lipinski definition) is 5. The fourth-order valence-corrected chi connectivity index (χ4v) is 2.46. The molecule has 0 bridgehead atoms. The van der Waals surface area contributed by atoms with E-state index < -0.39 is 0 Å². The van der Waals surface area contributed by atoms with Crippen molar-refractivity contribution in [1.29, 1.82) is 0 Å². The Hall–Kier alpha value is -2.64. The second-order valence-electron chi connectivity index (χ2n) is 5.06. The quantitative estimate of drug-likeness (QED) is 0.656. The Balaban J connectivity index is 1.55. The molecular weight excluding hydrogens is 360 g/mol. The molecule has 0 amide bonds. The van der Waals surface area contributed by atoms with Gasteiger partial charge in [0.25, 0.3) is 0 Å². The van der Waals surface area contributed by atoms with Crippen molar-refractivity contribution in [2.45, 2.75) is 6.54 Å². The van der Waals surface area contributed by atoms with Crippen molar-refractivity contribution in [3.8, 4) is 17.1 Å².